The van der Waals surface area contributed by atoms with Gasteiger partial charge in [-0.2, -0.15) is 0 Å². The minimum atomic E-state index is -3.66. The topological polar surface area (TPSA) is 98.1 Å². The molecule has 3 aromatic rings. The highest BCUT2D eigenvalue weighted by Crippen LogP contribution is 2.16. The lowest BCUT2D eigenvalue weighted by Gasteiger charge is -2.13. The molecule has 0 spiro atoms. The number of nitrogens with one attached hydrogen (secondary N) is 3. The van der Waals surface area contributed by atoms with Gasteiger partial charge in [-0.15, -0.1) is 0 Å². The second-order valence-electron chi connectivity index (χ2n) is 5.67. The average molecular weight is 346 g/mol. The molecule has 0 radical (unpaired) electrons. The molecule has 2 aromatic carbocycles. The lowest BCUT2D eigenvalue weighted by Crippen LogP contribution is -2.23. The predicted molar refractivity (Wildman–Crippen MR) is 93.7 cm³/mol. The van der Waals surface area contributed by atoms with Crippen LogP contribution in [0.1, 0.15) is 5.56 Å². The number of nitrogens with zero attached hydrogens (tertiary/aromatic N) is 1. The number of anilines is 1. The normalized spacial score (nSPS) is 11.8. The molecule has 8 heteroatoms. The number of aromatic nitrogens is 2. The Bertz CT molecular complexity index is 1020. The van der Waals surface area contributed by atoms with Gasteiger partial charge in [-0.05, 0) is 35.9 Å². The molecule has 3 N–H and O–H groups in total. The Morgan fingerprint density at radius 3 is 2.33 bits per heavy atom. The van der Waals surface area contributed by atoms with Gasteiger partial charge in [-0.3, -0.25) is 0 Å². The van der Waals surface area contributed by atoms with Crippen LogP contribution in [-0.2, 0) is 16.6 Å². The number of aromatic amines is 2. The predicted octanol–water partition coefficient (Wildman–Crippen LogP) is 1.40. The van der Waals surface area contributed by atoms with Crippen molar-refractivity contribution in [2.45, 2.75) is 11.4 Å². The van der Waals surface area contributed by atoms with Crippen LogP contribution in [0.2, 0.25) is 0 Å². The molecule has 7 nitrogen and oxygen atoms in total. The maximum atomic E-state index is 12.4. The number of sulfonamides is 1. The highest BCUT2D eigenvalue weighted by molar-refractivity contribution is 7.89. The van der Waals surface area contributed by atoms with Crippen LogP contribution in [0.4, 0.5) is 5.69 Å². The van der Waals surface area contributed by atoms with Crippen molar-refractivity contribution in [1.82, 2.24) is 14.7 Å². The Morgan fingerprint density at radius 1 is 1.00 bits per heavy atom. The molecule has 24 heavy (non-hydrogen) atoms. The van der Waals surface area contributed by atoms with Gasteiger partial charge >= 0.3 is 5.69 Å². The number of fused-ring (bicyclic) bond motifs is 1. The van der Waals surface area contributed by atoms with Crippen molar-refractivity contribution in [1.29, 1.82) is 0 Å². The first-order valence-electron chi connectivity index (χ1n) is 7.33. The fourth-order valence-corrected chi connectivity index (χ4v) is 3.40. The molecule has 0 aliphatic rings. The van der Waals surface area contributed by atoms with Crippen LogP contribution in [0.5, 0.6) is 0 Å². The van der Waals surface area contributed by atoms with Gasteiger partial charge in [0, 0.05) is 26.3 Å². The molecular weight excluding hydrogens is 328 g/mol. The van der Waals surface area contributed by atoms with Crippen LogP contribution in [0.25, 0.3) is 11.0 Å². The van der Waals surface area contributed by atoms with Crippen molar-refractivity contribution in [2.24, 2.45) is 0 Å². The lowest BCUT2D eigenvalue weighted by molar-refractivity contribution is 0.581. The Balaban J connectivity index is 1.78. The van der Waals surface area contributed by atoms with E-state index in [2.05, 4.69) is 14.7 Å². The van der Waals surface area contributed by atoms with Gasteiger partial charge in [0.1, 0.15) is 0 Å². The zero-order valence-corrected chi connectivity index (χ0v) is 14.1. The third-order valence-electron chi connectivity index (χ3n) is 3.72. The Kier molecular flexibility index (Phi) is 4.16. The first-order chi connectivity index (χ1) is 11.3. The SMILES string of the molecule is CN(C)c1ccc(CNS(=O)(=O)c2ccc3[nH]c(=O)[nH]c3c2)cc1. The third-order valence-corrected chi connectivity index (χ3v) is 5.12. The molecule has 0 aliphatic carbocycles. The first-order valence-corrected chi connectivity index (χ1v) is 8.81. The Labute approximate surface area is 139 Å². The van der Waals surface area contributed by atoms with Gasteiger partial charge in [0.15, 0.2) is 0 Å². The van der Waals surface area contributed by atoms with Gasteiger partial charge in [0.2, 0.25) is 10.0 Å². The standard InChI is InChI=1S/C16H18N4O3S/c1-20(2)12-5-3-11(4-6-12)10-17-24(22,23)13-7-8-14-15(9-13)19-16(21)18-14/h3-9,17H,10H2,1-2H3,(H2,18,19,21). The van der Waals surface area contributed by atoms with E-state index in [0.29, 0.717) is 11.0 Å². The summed E-state index contributed by atoms with van der Waals surface area (Å²) >= 11 is 0. The molecule has 0 saturated carbocycles. The number of hydrogen-bond acceptors (Lipinski definition) is 4. The quantitative estimate of drug-likeness (QED) is 0.650. The number of hydrogen-bond donors (Lipinski definition) is 3. The lowest BCUT2D eigenvalue weighted by atomic mass is 10.2. The number of benzene rings is 2. The number of H-pyrrole nitrogens is 2. The van der Waals surface area contributed by atoms with Crippen molar-refractivity contribution in [2.75, 3.05) is 19.0 Å². The van der Waals surface area contributed by atoms with Gasteiger partial charge in [-0.1, -0.05) is 12.1 Å². The molecule has 0 fully saturated rings. The van der Waals surface area contributed by atoms with Gasteiger partial charge in [0.25, 0.3) is 0 Å². The average Bonchev–Trinajstić information content (AvgIpc) is 2.92. The summed E-state index contributed by atoms with van der Waals surface area (Å²) in [6, 6.07) is 12.1. The van der Waals surface area contributed by atoms with Gasteiger partial charge in [0.05, 0.1) is 15.9 Å². The molecule has 1 heterocycles. The van der Waals surface area contributed by atoms with Crippen LogP contribution in [-0.4, -0.2) is 32.5 Å². The van der Waals surface area contributed by atoms with E-state index in [1.807, 2.05) is 43.3 Å². The second-order valence-corrected chi connectivity index (χ2v) is 7.44. The summed E-state index contributed by atoms with van der Waals surface area (Å²) in [5.74, 6) is 0. The smallest absolute Gasteiger partial charge is 0.323 e. The molecule has 1 aromatic heterocycles. The molecule has 0 amide bonds. The minimum Gasteiger partial charge on any atom is -0.378 e. The third kappa shape index (κ3) is 3.34. The molecule has 3 rings (SSSR count). The van der Waals surface area contributed by atoms with Crippen molar-refractivity contribution in [3.63, 3.8) is 0 Å². The Hall–Kier alpha value is -2.58. The van der Waals surface area contributed by atoms with E-state index in [1.165, 1.54) is 12.1 Å². The summed E-state index contributed by atoms with van der Waals surface area (Å²) in [7, 11) is 0.224. The van der Waals surface area contributed by atoms with E-state index in [1.54, 1.807) is 6.07 Å². The molecule has 0 atom stereocenters. The molecule has 126 valence electrons. The van der Waals surface area contributed by atoms with Crippen LogP contribution < -0.4 is 15.3 Å². The van der Waals surface area contributed by atoms with E-state index < -0.39 is 10.0 Å². The summed E-state index contributed by atoms with van der Waals surface area (Å²) in [6.45, 7) is 0.192. The highest BCUT2D eigenvalue weighted by Gasteiger charge is 2.15. The summed E-state index contributed by atoms with van der Waals surface area (Å²) in [4.78, 5) is 18.5. The molecule has 0 saturated heterocycles. The molecule has 0 aliphatic heterocycles. The summed E-state index contributed by atoms with van der Waals surface area (Å²) in [5.41, 5.74) is 2.56. The second kappa shape index (κ2) is 6.14. The fourth-order valence-electron chi connectivity index (χ4n) is 2.35. The molecular formula is C16H18N4O3S. The maximum absolute atomic E-state index is 12.4. The largest absolute Gasteiger partial charge is 0.378 e. The number of rotatable bonds is 5. The zero-order valence-electron chi connectivity index (χ0n) is 13.3. The van der Waals surface area contributed by atoms with Crippen LogP contribution >= 0.6 is 0 Å². The van der Waals surface area contributed by atoms with E-state index in [0.717, 1.165) is 11.3 Å². The Morgan fingerprint density at radius 2 is 1.67 bits per heavy atom. The van der Waals surface area contributed by atoms with Gasteiger partial charge < -0.3 is 14.9 Å². The van der Waals surface area contributed by atoms with Gasteiger partial charge in [-0.25, -0.2) is 17.9 Å². The van der Waals surface area contributed by atoms with Crippen molar-refractivity contribution in [3.05, 3.63) is 58.5 Å². The minimum absolute atomic E-state index is 0.107. The van der Waals surface area contributed by atoms with Crippen molar-refractivity contribution < 1.29 is 8.42 Å². The van der Waals surface area contributed by atoms with Crippen LogP contribution in [0.3, 0.4) is 0 Å². The van der Waals surface area contributed by atoms with Crippen molar-refractivity contribution >= 4 is 26.7 Å². The maximum Gasteiger partial charge on any atom is 0.323 e. The van der Waals surface area contributed by atoms with Crippen LogP contribution in [0.15, 0.2) is 52.2 Å². The van der Waals surface area contributed by atoms with Crippen LogP contribution in [0, 0.1) is 0 Å². The summed E-state index contributed by atoms with van der Waals surface area (Å²) in [6.07, 6.45) is 0. The molecule has 0 bridgehead atoms. The van der Waals surface area contributed by atoms with E-state index in [-0.39, 0.29) is 17.1 Å². The number of imidazole rings is 1. The van der Waals surface area contributed by atoms with E-state index in [4.69, 9.17) is 0 Å². The summed E-state index contributed by atoms with van der Waals surface area (Å²) < 4.78 is 27.4. The molecule has 0 unspecified atom stereocenters. The van der Waals surface area contributed by atoms with E-state index in [9.17, 15) is 13.2 Å². The highest BCUT2D eigenvalue weighted by atomic mass is 32.2. The first kappa shape index (κ1) is 16.3. The summed E-state index contributed by atoms with van der Waals surface area (Å²) in [5, 5.41) is 0. The van der Waals surface area contributed by atoms with E-state index >= 15 is 0 Å². The zero-order chi connectivity index (χ0) is 17.3. The monoisotopic (exact) mass is 346 g/mol. The fraction of sp³-hybridized carbons (Fsp3) is 0.188. The van der Waals surface area contributed by atoms with Crippen molar-refractivity contribution in [3.8, 4) is 0 Å².